The van der Waals surface area contributed by atoms with Gasteiger partial charge >= 0.3 is 0 Å². The quantitative estimate of drug-likeness (QED) is 0.540. The van der Waals surface area contributed by atoms with E-state index < -0.39 is 12.9 Å². The van der Waals surface area contributed by atoms with Crippen molar-refractivity contribution in [2.45, 2.75) is 25.8 Å². The van der Waals surface area contributed by atoms with Crippen molar-refractivity contribution in [2.24, 2.45) is 13.0 Å². The lowest BCUT2D eigenvalue weighted by Crippen LogP contribution is -2.28. The molecule has 1 saturated carbocycles. The minimum Gasteiger partial charge on any atom is -0.364 e. The van der Waals surface area contributed by atoms with Crippen LogP contribution in [0.25, 0.3) is 11.3 Å². The first-order valence-electron chi connectivity index (χ1n) is 12.1. The van der Waals surface area contributed by atoms with Gasteiger partial charge in [-0.15, -0.1) is 15.3 Å². The summed E-state index contributed by atoms with van der Waals surface area (Å²) in [5.41, 5.74) is 4.00. The molecule has 3 aromatic rings. The maximum Gasteiger partial charge on any atom is 0.273 e. The van der Waals surface area contributed by atoms with Crippen molar-refractivity contribution < 1.29 is 13.7 Å². The molecule has 33 heavy (non-hydrogen) atoms. The van der Waals surface area contributed by atoms with Crippen LogP contribution in [0.4, 0.5) is 22.9 Å². The number of nitrogens with one attached hydrogen (secondary N) is 3. The lowest BCUT2D eigenvalue weighted by Gasteiger charge is -2.35. The van der Waals surface area contributed by atoms with Crippen LogP contribution < -0.4 is 20.9 Å². The monoisotopic (exact) mass is 450 g/mol. The van der Waals surface area contributed by atoms with Gasteiger partial charge in [-0.2, -0.15) is 0 Å². The largest absolute Gasteiger partial charge is 0.364 e. The van der Waals surface area contributed by atoms with Crippen LogP contribution in [0.3, 0.4) is 0 Å². The molecule has 1 aliphatic carbocycles. The smallest absolute Gasteiger partial charge is 0.273 e. The number of hydrogen-bond acceptors (Lipinski definition) is 8. The van der Waals surface area contributed by atoms with E-state index in [9.17, 15) is 9.59 Å². The lowest BCUT2D eigenvalue weighted by molar-refractivity contribution is -0.117. The third kappa shape index (κ3) is 3.55. The fourth-order valence-electron chi connectivity index (χ4n) is 4.11. The van der Waals surface area contributed by atoms with E-state index in [2.05, 4.69) is 36.0 Å². The van der Waals surface area contributed by atoms with Crippen LogP contribution in [-0.4, -0.2) is 51.0 Å². The van der Waals surface area contributed by atoms with E-state index in [1.165, 1.54) is 6.07 Å². The molecule has 170 valence electrons. The van der Waals surface area contributed by atoms with Gasteiger partial charge in [-0.25, -0.2) is 4.68 Å². The van der Waals surface area contributed by atoms with Gasteiger partial charge in [0, 0.05) is 42.7 Å². The van der Waals surface area contributed by atoms with E-state index in [4.69, 9.17) is 4.11 Å². The molecule has 5 rings (SSSR count). The van der Waals surface area contributed by atoms with Crippen LogP contribution in [0.15, 0.2) is 24.3 Å². The van der Waals surface area contributed by atoms with E-state index in [1.54, 1.807) is 4.68 Å². The molecular formula is C22H25N9O2. The number of carbonyl (C=O) groups excluding carboxylic acids is 2. The van der Waals surface area contributed by atoms with E-state index in [1.807, 2.05) is 44.5 Å². The predicted molar refractivity (Wildman–Crippen MR) is 123 cm³/mol. The molecule has 1 aliphatic heterocycles. The van der Waals surface area contributed by atoms with Crippen molar-refractivity contribution in [3.63, 3.8) is 0 Å². The van der Waals surface area contributed by atoms with Gasteiger partial charge in [-0.05, 0) is 25.8 Å². The van der Waals surface area contributed by atoms with E-state index >= 15 is 0 Å². The number of para-hydroxylation sites is 1. The summed E-state index contributed by atoms with van der Waals surface area (Å²) in [4.78, 5) is 27.1. The van der Waals surface area contributed by atoms with Gasteiger partial charge in [0.2, 0.25) is 5.91 Å². The summed E-state index contributed by atoms with van der Waals surface area (Å²) in [5, 5.41) is 24.3. The second-order valence-electron chi connectivity index (χ2n) is 8.27. The molecule has 0 bridgehead atoms. The van der Waals surface area contributed by atoms with Crippen molar-refractivity contribution in [3.8, 4) is 11.3 Å². The Hall–Kier alpha value is -4.02. The molecule has 0 saturated heterocycles. The maximum atomic E-state index is 12.8. The minimum absolute atomic E-state index is 0.0438. The second-order valence-corrected chi connectivity index (χ2v) is 8.27. The zero-order chi connectivity index (χ0) is 25.8. The Morgan fingerprint density at radius 1 is 1.15 bits per heavy atom. The van der Waals surface area contributed by atoms with E-state index in [0.29, 0.717) is 5.69 Å². The summed E-state index contributed by atoms with van der Waals surface area (Å²) < 4.78 is 23.9. The highest BCUT2D eigenvalue weighted by atomic mass is 16.2. The zero-order valence-corrected chi connectivity index (χ0v) is 18.4. The summed E-state index contributed by atoms with van der Waals surface area (Å²) in [6, 6.07) is 7.04. The summed E-state index contributed by atoms with van der Waals surface area (Å²) in [7, 11) is 3.79. The summed E-state index contributed by atoms with van der Waals surface area (Å²) in [6.45, 7) is -0.671. The number of benzene rings is 1. The van der Waals surface area contributed by atoms with Crippen molar-refractivity contribution in [2.75, 3.05) is 29.6 Å². The highest BCUT2D eigenvalue weighted by Crippen LogP contribution is 2.47. The van der Waals surface area contributed by atoms with Crippen LogP contribution in [-0.2, 0) is 11.8 Å². The zero-order valence-electron chi connectivity index (χ0n) is 21.4. The van der Waals surface area contributed by atoms with Crippen molar-refractivity contribution >= 4 is 34.7 Å². The molecule has 1 aromatic carbocycles. The van der Waals surface area contributed by atoms with Crippen molar-refractivity contribution in [3.05, 3.63) is 35.7 Å². The predicted octanol–water partition coefficient (Wildman–Crippen LogP) is 2.23. The number of aryl methyl sites for hydroxylation is 1. The van der Waals surface area contributed by atoms with Gasteiger partial charge < -0.3 is 20.9 Å². The van der Waals surface area contributed by atoms with Gasteiger partial charge in [0.1, 0.15) is 5.69 Å². The number of rotatable bonds is 5. The summed E-state index contributed by atoms with van der Waals surface area (Å²) >= 11 is 0. The Balaban J connectivity index is 1.57. The van der Waals surface area contributed by atoms with E-state index in [0.717, 1.165) is 35.5 Å². The van der Waals surface area contributed by atoms with Crippen molar-refractivity contribution in [1.29, 1.82) is 0 Å². The average molecular weight is 451 g/mol. The van der Waals surface area contributed by atoms with E-state index in [-0.39, 0.29) is 35.1 Å². The third-order valence-electron chi connectivity index (χ3n) is 6.08. The van der Waals surface area contributed by atoms with Gasteiger partial charge in [-0.3, -0.25) is 9.59 Å². The summed E-state index contributed by atoms with van der Waals surface area (Å²) in [6.07, 6.45) is 1.63. The SMILES string of the molecule is [2H]C([2H])([2H])NC(=O)c1nnc(NC(=O)C2CC2)cc1Nc1cccc2c1N(C)[C@H](C)c1c-2nnn1C. The van der Waals surface area contributed by atoms with Crippen LogP contribution in [0.5, 0.6) is 0 Å². The molecule has 0 unspecified atom stereocenters. The van der Waals surface area contributed by atoms with Gasteiger partial charge in [-0.1, -0.05) is 17.3 Å². The number of fused-ring (bicyclic) bond motifs is 3. The number of amides is 2. The highest BCUT2D eigenvalue weighted by Gasteiger charge is 2.33. The molecule has 11 nitrogen and oxygen atoms in total. The molecule has 0 radical (unpaired) electrons. The molecule has 1 atom stereocenters. The first kappa shape index (κ1) is 17.5. The van der Waals surface area contributed by atoms with Crippen molar-refractivity contribution in [1.82, 2.24) is 30.5 Å². The topological polar surface area (TPSA) is 130 Å². The maximum absolute atomic E-state index is 12.8. The molecule has 2 aliphatic rings. The standard InChI is InChI=1S/C22H25N9O2/c1-11-19-17(28-29-31(19)4)13-6-5-7-14(20(13)30(11)3)24-15-10-16(25-21(32)12-8-9-12)26-27-18(15)22(33)23-2/h5-7,10-12H,8-9H2,1-4H3,(H,23,33)(H2,24,25,26,32)/t11-/m1/s1/i2D3. The Kier molecular flexibility index (Phi) is 4.16. The Morgan fingerprint density at radius 3 is 2.73 bits per heavy atom. The van der Waals surface area contributed by atoms with Gasteiger partial charge in [0.25, 0.3) is 5.91 Å². The number of aromatic nitrogens is 5. The molecule has 2 aromatic heterocycles. The van der Waals surface area contributed by atoms with Crippen LogP contribution in [0.1, 0.15) is 46.1 Å². The molecular weight excluding hydrogens is 422 g/mol. The fraction of sp³-hybridized carbons (Fsp3) is 0.364. The fourth-order valence-corrected chi connectivity index (χ4v) is 4.11. The van der Waals surface area contributed by atoms with Gasteiger partial charge in [0.05, 0.1) is 28.8 Å². The lowest BCUT2D eigenvalue weighted by atomic mass is 9.96. The molecule has 3 N–H and O–H groups in total. The van der Waals surface area contributed by atoms with Gasteiger partial charge in [0.15, 0.2) is 11.5 Å². The second kappa shape index (κ2) is 7.84. The Morgan fingerprint density at radius 2 is 1.97 bits per heavy atom. The minimum atomic E-state index is -2.71. The molecule has 0 spiro atoms. The normalized spacial score (nSPS) is 18.3. The number of carbonyl (C=O) groups is 2. The number of hydrogen-bond donors (Lipinski definition) is 3. The molecule has 11 heteroatoms. The molecule has 1 fully saturated rings. The average Bonchev–Trinajstić information content (AvgIpc) is 3.58. The van der Waals surface area contributed by atoms with Crippen LogP contribution >= 0.6 is 0 Å². The number of nitrogens with zero attached hydrogens (tertiary/aromatic N) is 6. The first-order valence-corrected chi connectivity index (χ1v) is 10.6. The highest BCUT2D eigenvalue weighted by molar-refractivity contribution is 6.01. The Labute approximate surface area is 194 Å². The molecule has 3 heterocycles. The first-order chi connectivity index (χ1) is 17.0. The third-order valence-corrected chi connectivity index (χ3v) is 6.08. The van der Waals surface area contributed by atoms with Crippen LogP contribution in [0.2, 0.25) is 0 Å². The Bertz CT molecular complexity index is 1370. The van der Waals surface area contributed by atoms with Crippen LogP contribution in [0, 0.1) is 5.92 Å². The summed E-state index contributed by atoms with van der Waals surface area (Å²) in [5.74, 6) is -0.995. The molecule has 2 amide bonds. The number of anilines is 4.